The van der Waals surface area contributed by atoms with Crippen LogP contribution in [0.25, 0.3) is 11.0 Å². The lowest BCUT2D eigenvalue weighted by Crippen LogP contribution is -2.33. The van der Waals surface area contributed by atoms with Crippen LogP contribution >= 0.6 is 0 Å². The van der Waals surface area contributed by atoms with Crippen molar-refractivity contribution < 1.29 is 23.2 Å². The Balaban J connectivity index is 1.41. The summed E-state index contributed by atoms with van der Waals surface area (Å²) in [6, 6.07) is 8.01. The Bertz CT molecular complexity index is 1160. The van der Waals surface area contributed by atoms with Gasteiger partial charge >= 0.3 is 0 Å². The van der Waals surface area contributed by atoms with Gasteiger partial charge in [0.15, 0.2) is 11.3 Å². The zero-order valence-corrected chi connectivity index (χ0v) is 16.4. The van der Waals surface area contributed by atoms with Crippen LogP contribution in [0.3, 0.4) is 0 Å². The molecule has 1 fully saturated rings. The maximum Gasteiger partial charge on any atom is 0.262 e. The zero-order chi connectivity index (χ0) is 20.8. The lowest BCUT2D eigenvalue weighted by molar-refractivity contribution is 0.0878. The summed E-state index contributed by atoms with van der Waals surface area (Å²) >= 11 is 0. The highest BCUT2D eigenvalue weighted by atomic mass is 19.1. The van der Waals surface area contributed by atoms with Gasteiger partial charge in [-0.15, -0.1) is 0 Å². The topological polar surface area (TPSA) is 84.7 Å². The second-order valence-electron chi connectivity index (χ2n) is 7.52. The fourth-order valence-corrected chi connectivity index (χ4v) is 4.38. The SMILES string of the molecule is CCOc1c(N2CCC(c3noc4cc(F)ccc34)CC2)ccc2c1C(=O)NC2=O. The number of hydrogen-bond donors (Lipinski definition) is 1. The van der Waals surface area contributed by atoms with Gasteiger partial charge in [0, 0.05) is 30.5 Å². The number of fused-ring (bicyclic) bond motifs is 2. The number of imide groups is 1. The lowest BCUT2D eigenvalue weighted by atomic mass is 9.91. The van der Waals surface area contributed by atoms with Crippen LogP contribution in [0.5, 0.6) is 5.75 Å². The van der Waals surface area contributed by atoms with Gasteiger partial charge in [0.1, 0.15) is 5.82 Å². The van der Waals surface area contributed by atoms with E-state index >= 15 is 0 Å². The van der Waals surface area contributed by atoms with Gasteiger partial charge in [0.05, 0.1) is 29.1 Å². The summed E-state index contributed by atoms with van der Waals surface area (Å²) in [7, 11) is 0. The van der Waals surface area contributed by atoms with Gasteiger partial charge in [-0.05, 0) is 44.0 Å². The third kappa shape index (κ3) is 2.91. The summed E-state index contributed by atoms with van der Waals surface area (Å²) in [5.74, 6) is -0.503. The number of benzene rings is 2. The van der Waals surface area contributed by atoms with Gasteiger partial charge in [-0.2, -0.15) is 0 Å². The van der Waals surface area contributed by atoms with Gasteiger partial charge < -0.3 is 14.2 Å². The minimum atomic E-state index is -0.420. The van der Waals surface area contributed by atoms with E-state index in [0.29, 0.717) is 29.1 Å². The molecule has 1 aromatic heterocycles. The average Bonchev–Trinajstić information content (AvgIpc) is 3.29. The van der Waals surface area contributed by atoms with E-state index in [1.54, 1.807) is 12.1 Å². The smallest absolute Gasteiger partial charge is 0.262 e. The van der Waals surface area contributed by atoms with E-state index in [2.05, 4.69) is 15.4 Å². The molecule has 154 valence electrons. The van der Waals surface area contributed by atoms with Crippen LogP contribution in [0.2, 0.25) is 0 Å². The number of ether oxygens (including phenoxy) is 1. The highest BCUT2D eigenvalue weighted by Gasteiger charge is 2.34. The van der Waals surface area contributed by atoms with E-state index in [1.165, 1.54) is 12.1 Å². The Morgan fingerprint density at radius 3 is 2.77 bits per heavy atom. The molecule has 0 spiro atoms. The van der Waals surface area contributed by atoms with E-state index in [0.717, 1.165) is 42.7 Å². The minimum Gasteiger partial charge on any atom is -0.491 e. The molecule has 2 aromatic carbocycles. The van der Waals surface area contributed by atoms with Crippen LogP contribution in [0.15, 0.2) is 34.9 Å². The summed E-state index contributed by atoms with van der Waals surface area (Å²) in [5, 5.41) is 7.38. The molecule has 0 atom stereocenters. The molecular formula is C22H20FN3O4. The van der Waals surface area contributed by atoms with Crippen LogP contribution in [-0.4, -0.2) is 36.7 Å². The van der Waals surface area contributed by atoms with Crippen LogP contribution in [0.4, 0.5) is 10.1 Å². The maximum atomic E-state index is 13.4. The number of aromatic nitrogens is 1. The Hall–Kier alpha value is -3.42. The maximum absolute atomic E-state index is 13.4. The third-order valence-corrected chi connectivity index (χ3v) is 5.81. The number of nitrogens with one attached hydrogen (secondary N) is 1. The monoisotopic (exact) mass is 409 g/mol. The molecule has 0 saturated carbocycles. The molecule has 2 aliphatic rings. The van der Waals surface area contributed by atoms with Crippen molar-refractivity contribution in [2.45, 2.75) is 25.7 Å². The van der Waals surface area contributed by atoms with Gasteiger partial charge in [0.2, 0.25) is 0 Å². The first-order valence-electron chi connectivity index (χ1n) is 10.0. The fourth-order valence-electron chi connectivity index (χ4n) is 4.38. The predicted molar refractivity (Wildman–Crippen MR) is 108 cm³/mol. The minimum absolute atomic E-state index is 0.197. The summed E-state index contributed by atoms with van der Waals surface area (Å²) in [6.07, 6.45) is 1.65. The molecule has 3 aromatic rings. The molecule has 7 nitrogen and oxygen atoms in total. The van der Waals surface area contributed by atoms with Gasteiger partial charge in [-0.3, -0.25) is 14.9 Å². The number of carbonyl (C=O) groups excluding carboxylic acids is 2. The van der Waals surface area contributed by atoms with Gasteiger partial charge in [-0.25, -0.2) is 4.39 Å². The van der Waals surface area contributed by atoms with Crippen molar-refractivity contribution in [1.82, 2.24) is 10.5 Å². The predicted octanol–water partition coefficient (Wildman–Crippen LogP) is 3.63. The molecule has 5 rings (SSSR count). The molecule has 0 aliphatic carbocycles. The summed E-state index contributed by atoms with van der Waals surface area (Å²) in [5.41, 5.74) is 2.79. The highest BCUT2D eigenvalue weighted by Crippen LogP contribution is 2.40. The molecule has 3 heterocycles. The first-order valence-corrected chi connectivity index (χ1v) is 10.0. The summed E-state index contributed by atoms with van der Waals surface area (Å²) in [6.45, 7) is 3.70. The van der Waals surface area contributed by atoms with Crippen LogP contribution in [0.1, 0.15) is 52.1 Å². The normalized spacial score (nSPS) is 16.8. The van der Waals surface area contributed by atoms with Crippen LogP contribution < -0.4 is 15.0 Å². The van der Waals surface area contributed by atoms with E-state index in [9.17, 15) is 14.0 Å². The molecule has 2 aliphatic heterocycles. The summed E-state index contributed by atoms with van der Waals surface area (Å²) < 4.78 is 24.5. The Morgan fingerprint density at radius 2 is 2.00 bits per heavy atom. The first kappa shape index (κ1) is 18.6. The molecular weight excluding hydrogens is 389 g/mol. The molecule has 1 N–H and O–H groups in total. The number of hydrogen-bond acceptors (Lipinski definition) is 6. The van der Waals surface area contributed by atoms with Crippen molar-refractivity contribution >= 4 is 28.5 Å². The number of anilines is 1. The molecule has 1 saturated heterocycles. The molecule has 2 amide bonds. The number of rotatable bonds is 4. The number of halogens is 1. The lowest BCUT2D eigenvalue weighted by Gasteiger charge is -2.34. The number of carbonyl (C=O) groups is 2. The van der Waals surface area contributed by atoms with Crippen molar-refractivity contribution in [3.63, 3.8) is 0 Å². The fraction of sp³-hybridized carbons (Fsp3) is 0.318. The molecule has 0 unspecified atom stereocenters. The van der Waals surface area contributed by atoms with Gasteiger partial charge in [-0.1, -0.05) is 5.16 Å². The quantitative estimate of drug-likeness (QED) is 0.663. The zero-order valence-electron chi connectivity index (χ0n) is 16.4. The van der Waals surface area contributed by atoms with Gasteiger partial charge in [0.25, 0.3) is 11.8 Å². The molecule has 8 heteroatoms. The van der Waals surface area contributed by atoms with Crippen LogP contribution in [0, 0.1) is 5.82 Å². The average molecular weight is 409 g/mol. The largest absolute Gasteiger partial charge is 0.491 e. The molecule has 30 heavy (non-hydrogen) atoms. The second kappa shape index (κ2) is 7.12. The first-order chi connectivity index (χ1) is 14.6. The Morgan fingerprint density at radius 1 is 1.20 bits per heavy atom. The molecule has 0 radical (unpaired) electrons. The van der Waals surface area contributed by atoms with E-state index < -0.39 is 11.8 Å². The Kier molecular flexibility index (Phi) is 4.42. The number of amides is 2. The number of nitrogens with zero attached hydrogens (tertiary/aromatic N) is 2. The van der Waals surface area contributed by atoms with Crippen molar-refractivity contribution in [2.75, 3.05) is 24.6 Å². The highest BCUT2D eigenvalue weighted by molar-refractivity contribution is 6.23. The van der Waals surface area contributed by atoms with Crippen molar-refractivity contribution in [3.8, 4) is 5.75 Å². The standard InChI is InChI=1S/C22H20FN3O4/c1-2-29-20-16(6-5-15-18(20)22(28)24-21(15)27)26-9-7-12(8-10-26)19-14-4-3-13(23)11-17(14)30-25-19/h3-6,11-12H,2,7-10H2,1H3,(H,24,27,28). The van der Waals surface area contributed by atoms with Crippen molar-refractivity contribution in [2.24, 2.45) is 0 Å². The van der Waals surface area contributed by atoms with E-state index in [1.807, 2.05) is 13.0 Å². The van der Waals surface area contributed by atoms with Crippen LogP contribution in [-0.2, 0) is 0 Å². The Labute approximate surface area is 171 Å². The molecule has 0 bridgehead atoms. The number of piperidine rings is 1. The van der Waals surface area contributed by atoms with E-state index in [4.69, 9.17) is 9.26 Å². The third-order valence-electron chi connectivity index (χ3n) is 5.81. The summed E-state index contributed by atoms with van der Waals surface area (Å²) in [4.78, 5) is 26.4. The van der Waals surface area contributed by atoms with E-state index in [-0.39, 0.29) is 11.7 Å². The van der Waals surface area contributed by atoms with Crippen molar-refractivity contribution in [3.05, 3.63) is 53.0 Å². The van der Waals surface area contributed by atoms with Crippen molar-refractivity contribution in [1.29, 1.82) is 0 Å². The second-order valence-corrected chi connectivity index (χ2v) is 7.52.